The van der Waals surface area contributed by atoms with Crippen molar-refractivity contribution in [2.75, 3.05) is 26.4 Å². The zero-order chi connectivity index (χ0) is 13.9. The molecule has 3 N–H and O–H groups in total. The van der Waals surface area contributed by atoms with E-state index < -0.39 is 0 Å². The first-order valence-electron chi connectivity index (χ1n) is 5.60. The maximum atomic E-state index is 12.0. The molecule has 5 nitrogen and oxygen atoms in total. The highest BCUT2D eigenvalue weighted by Crippen LogP contribution is 2.16. The number of hydrogen-bond donors (Lipinski definition) is 2. The number of pyridine rings is 1. The van der Waals surface area contributed by atoms with Crippen molar-refractivity contribution in [1.82, 2.24) is 15.2 Å². The zero-order valence-corrected chi connectivity index (χ0v) is 11.9. The van der Waals surface area contributed by atoms with E-state index in [1.54, 1.807) is 0 Å². The molecule has 1 aromatic heterocycles. The van der Waals surface area contributed by atoms with Crippen LogP contribution in [0.15, 0.2) is 12.3 Å². The van der Waals surface area contributed by atoms with E-state index in [2.05, 4.69) is 10.3 Å². The number of hydrogen-bond acceptors (Lipinski definition) is 4. The van der Waals surface area contributed by atoms with Gasteiger partial charge < -0.3 is 16.0 Å². The van der Waals surface area contributed by atoms with Gasteiger partial charge in [-0.2, -0.15) is 0 Å². The first-order valence-corrected chi connectivity index (χ1v) is 5.98. The maximum absolute atomic E-state index is 12.0. The predicted molar refractivity (Wildman–Crippen MR) is 73.8 cm³/mol. The Hall–Kier alpha value is -1.33. The number of carbonyl (C=O) groups is 1. The minimum atomic E-state index is -0.269. The van der Waals surface area contributed by atoms with Crippen LogP contribution in [0.1, 0.15) is 24.2 Å². The lowest BCUT2D eigenvalue weighted by atomic mass is 10.0. The molecule has 0 fully saturated rings. The lowest BCUT2D eigenvalue weighted by Gasteiger charge is -2.32. The first kappa shape index (κ1) is 14.7. The van der Waals surface area contributed by atoms with Crippen LogP contribution in [0.2, 0.25) is 5.15 Å². The Bertz CT molecular complexity index is 446. The molecule has 18 heavy (non-hydrogen) atoms. The monoisotopic (exact) mass is 270 g/mol. The molecular weight excluding hydrogens is 252 g/mol. The second-order valence-corrected chi connectivity index (χ2v) is 5.35. The third kappa shape index (κ3) is 3.58. The van der Waals surface area contributed by atoms with Crippen LogP contribution < -0.4 is 11.1 Å². The average Bonchev–Trinajstić information content (AvgIpc) is 2.29. The maximum Gasteiger partial charge on any atom is 0.254 e. The molecule has 1 rings (SSSR count). The van der Waals surface area contributed by atoms with Crippen LogP contribution in [0.25, 0.3) is 0 Å². The molecule has 0 bridgehead atoms. The van der Waals surface area contributed by atoms with Crippen LogP contribution in [-0.2, 0) is 0 Å². The number of nitrogens with zero attached hydrogens (tertiary/aromatic N) is 2. The van der Waals surface area contributed by atoms with Gasteiger partial charge in [0, 0.05) is 12.1 Å². The summed E-state index contributed by atoms with van der Waals surface area (Å²) in [7, 11) is 3.92. The molecular formula is C12H19ClN4O. The van der Waals surface area contributed by atoms with E-state index in [-0.39, 0.29) is 16.6 Å². The van der Waals surface area contributed by atoms with Crippen molar-refractivity contribution in [3.8, 4) is 0 Å². The van der Waals surface area contributed by atoms with Gasteiger partial charge in [0.1, 0.15) is 5.15 Å². The highest BCUT2D eigenvalue weighted by atomic mass is 35.5. The van der Waals surface area contributed by atoms with Gasteiger partial charge in [0.05, 0.1) is 17.4 Å². The van der Waals surface area contributed by atoms with Gasteiger partial charge in [0.15, 0.2) is 0 Å². The fourth-order valence-electron chi connectivity index (χ4n) is 1.17. The number of likely N-dealkylation sites (N-methyl/N-ethyl adjacent to an activating group) is 1. The highest BCUT2D eigenvalue weighted by molar-refractivity contribution is 6.32. The summed E-state index contributed by atoms with van der Waals surface area (Å²) in [6.07, 6.45) is 1.42. The number of carbonyl (C=O) groups excluding carboxylic acids is 1. The Morgan fingerprint density at radius 1 is 1.56 bits per heavy atom. The molecule has 0 aromatic carbocycles. The summed E-state index contributed by atoms with van der Waals surface area (Å²) in [5, 5.41) is 2.98. The minimum absolute atomic E-state index is 0.143. The van der Waals surface area contributed by atoms with Gasteiger partial charge in [0.2, 0.25) is 0 Å². The number of nitrogen functional groups attached to an aromatic ring is 1. The van der Waals surface area contributed by atoms with E-state index in [9.17, 15) is 4.79 Å². The Balaban J connectivity index is 2.75. The van der Waals surface area contributed by atoms with Crippen LogP contribution in [0, 0.1) is 0 Å². The van der Waals surface area contributed by atoms with Crippen LogP contribution in [0.3, 0.4) is 0 Å². The molecule has 0 aliphatic carbocycles. The Kier molecular flexibility index (Phi) is 4.53. The summed E-state index contributed by atoms with van der Waals surface area (Å²) in [6.45, 7) is 4.57. The molecule has 0 unspecified atom stereocenters. The molecule has 0 saturated heterocycles. The molecule has 6 heteroatoms. The van der Waals surface area contributed by atoms with Crippen molar-refractivity contribution in [3.63, 3.8) is 0 Å². The van der Waals surface area contributed by atoms with Crippen molar-refractivity contribution in [2.45, 2.75) is 19.4 Å². The van der Waals surface area contributed by atoms with Crippen LogP contribution in [0.4, 0.5) is 5.69 Å². The van der Waals surface area contributed by atoms with Gasteiger partial charge >= 0.3 is 0 Å². The Morgan fingerprint density at radius 3 is 2.72 bits per heavy atom. The summed E-state index contributed by atoms with van der Waals surface area (Å²) in [4.78, 5) is 17.9. The fraction of sp³-hybridized carbons (Fsp3) is 0.500. The second-order valence-electron chi connectivity index (χ2n) is 5.00. The van der Waals surface area contributed by atoms with Crippen molar-refractivity contribution in [2.24, 2.45) is 0 Å². The smallest absolute Gasteiger partial charge is 0.254 e. The molecule has 0 radical (unpaired) electrons. The summed E-state index contributed by atoms with van der Waals surface area (Å²) in [6, 6.07) is 1.52. The van der Waals surface area contributed by atoms with Crippen molar-refractivity contribution >= 4 is 23.2 Å². The van der Waals surface area contributed by atoms with Crippen molar-refractivity contribution in [1.29, 1.82) is 0 Å². The molecule has 100 valence electrons. The van der Waals surface area contributed by atoms with Crippen LogP contribution in [0.5, 0.6) is 0 Å². The summed E-state index contributed by atoms with van der Waals surface area (Å²) < 4.78 is 0. The van der Waals surface area contributed by atoms with Gasteiger partial charge in [-0.3, -0.25) is 4.79 Å². The number of amides is 1. The predicted octanol–water partition coefficient (Wildman–Crippen LogP) is 1.39. The first-order chi connectivity index (χ1) is 8.24. The number of aromatic nitrogens is 1. The lowest BCUT2D eigenvalue weighted by molar-refractivity contribution is 0.0919. The molecule has 1 heterocycles. The van der Waals surface area contributed by atoms with E-state index in [0.717, 1.165) is 0 Å². The molecule has 0 atom stereocenters. The largest absolute Gasteiger partial charge is 0.397 e. The van der Waals surface area contributed by atoms with Gasteiger partial charge in [-0.1, -0.05) is 11.6 Å². The van der Waals surface area contributed by atoms with Gasteiger partial charge in [0.25, 0.3) is 5.91 Å². The van der Waals surface area contributed by atoms with Crippen LogP contribution >= 0.6 is 11.6 Å². The Morgan fingerprint density at radius 2 is 2.17 bits per heavy atom. The van der Waals surface area contributed by atoms with E-state index in [0.29, 0.717) is 17.8 Å². The standard InChI is InChI=1S/C12H19ClN4O/c1-12(2,17(3)4)7-16-11(18)9-5-8(14)6-15-10(9)13/h5-6H,7,14H2,1-4H3,(H,16,18). The molecule has 0 aliphatic rings. The third-order valence-corrected chi connectivity index (χ3v) is 3.30. The number of nitrogens with two attached hydrogens (primary N) is 1. The molecule has 0 aliphatic heterocycles. The number of nitrogens with one attached hydrogen (secondary N) is 1. The van der Waals surface area contributed by atoms with Crippen molar-refractivity contribution in [3.05, 3.63) is 23.0 Å². The molecule has 0 spiro atoms. The summed E-state index contributed by atoms with van der Waals surface area (Å²) >= 11 is 5.87. The molecule has 0 saturated carbocycles. The van der Waals surface area contributed by atoms with Gasteiger partial charge in [-0.05, 0) is 34.0 Å². The number of rotatable bonds is 4. The minimum Gasteiger partial charge on any atom is -0.397 e. The molecule has 1 amide bonds. The van der Waals surface area contributed by atoms with E-state index in [1.807, 2.05) is 32.8 Å². The van der Waals surface area contributed by atoms with E-state index in [4.69, 9.17) is 17.3 Å². The zero-order valence-electron chi connectivity index (χ0n) is 11.1. The SMILES string of the molecule is CN(C)C(C)(C)CNC(=O)c1cc(N)cnc1Cl. The quantitative estimate of drug-likeness (QED) is 0.811. The average molecular weight is 271 g/mol. The lowest BCUT2D eigenvalue weighted by Crippen LogP contribution is -2.48. The van der Waals surface area contributed by atoms with Crippen molar-refractivity contribution < 1.29 is 4.79 Å². The van der Waals surface area contributed by atoms with Gasteiger partial charge in [-0.15, -0.1) is 0 Å². The second kappa shape index (κ2) is 5.54. The third-order valence-electron chi connectivity index (χ3n) is 3.00. The fourth-order valence-corrected chi connectivity index (χ4v) is 1.36. The van der Waals surface area contributed by atoms with E-state index >= 15 is 0 Å². The summed E-state index contributed by atoms with van der Waals surface area (Å²) in [5.74, 6) is -0.269. The molecule has 1 aromatic rings. The topological polar surface area (TPSA) is 71.2 Å². The number of halogens is 1. The number of anilines is 1. The van der Waals surface area contributed by atoms with Gasteiger partial charge in [-0.25, -0.2) is 4.98 Å². The highest BCUT2D eigenvalue weighted by Gasteiger charge is 2.22. The summed E-state index contributed by atoms with van der Waals surface area (Å²) in [5.41, 5.74) is 6.15. The van der Waals surface area contributed by atoms with Crippen LogP contribution in [-0.4, -0.2) is 42.0 Å². The Labute approximate surface area is 112 Å². The van der Waals surface area contributed by atoms with E-state index in [1.165, 1.54) is 12.3 Å². The normalized spacial score (nSPS) is 11.7.